The van der Waals surface area contributed by atoms with Crippen LogP contribution in [0.3, 0.4) is 0 Å². The Labute approximate surface area is 107 Å². The second-order valence-corrected chi connectivity index (χ2v) is 3.93. The van der Waals surface area contributed by atoms with E-state index in [0.29, 0.717) is 0 Å². The Kier molecular flexibility index (Phi) is 5.06. The Morgan fingerprint density at radius 2 is 2.11 bits per heavy atom. The lowest BCUT2D eigenvalue weighted by atomic mass is 10.1. The van der Waals surface area contributed by atoms with E-state index in [-0.39, 0.29) is 10.6 Å². The third kappa shape index (κ3) is 3.68. The van der Waals surface area contributed by atoms with Crippen LogP contribution in [-0.2, 0) is 16.0 Å². The zero-order chi connectivity index (χ0) is 13.7. The van der Waals surface area contributed by atoms with Crippen LogP contribution in [0.5, 0.6) is 0 Å². The van der Waals surface area contributed by atoms with Gasteiger partial charge < -0.3 is 15.5 Å². The van der Waals surface area contributed by atoms with Crippen LogP contribution in [0.1, 0.15) is 5.56 Å². The van der Waals surface area contributed by atoms with Crippen molar-refractivity contribution in [1.82, 2.24) is 5.32 Å². The topological polar surface area (TPSA) is 86.6 Å². The van der Waals surface area contributed by atoms with E-state index in [1.54, 1.807) is 0 Å². The molecule has 1 rings (SSSR count). The molecule has 1 amide bonds. The SMILES string of the molecule is O=C(Cc1c(F)cccc1Cl)N[C@H](CO)C(=O)O. The van der Waals surface area contributed by atoms with Crippen LogP contribution < -0.4 is 5.32 Å². The van der Waals surface area contributed by atoms with Crippen LogP contribution in [0, 0.1) is 5.82 Å². The van der Waals surface area contributed by atoms with Crippen molar-refractivity contribution in [2.24, 2.45) is 0 Å². The highest BCUT2D eigenvalue weighted by Crippen LogP contribution is 2.19. The number of benzene rings is 1. The fourth-order valence-electron chi connectivity index (χ4n) is 1.29. The van der Waals surface area contributed by atoms with Gasteiger partial charge in [0.25, 0.3) is 0 Å². The summed E-state index contributed by atoms with van der Waals surface area (Å²) in [7, 11) is 0. The van der Waals surface area contributed by atoms with Gasteiger partial charge in [-0.3, -0.25) is 4.79 Å². The molecule has 0 unspecified atom stereocenters. The molecule has 3 N–H and O–H groups in total. The van der Waals surface area contributed by atoms with Crippen molar-refractivity contribution in [1.29, 1.82) is 0 Å². The predicted molar refractivity (Wildman–Crippen MR) is 61.8 cm³/mol. The van der Waals surface area contributed by atoms with Crippen LogP contribution in [-0.4, -0.2) is 34.7 Å². The molecule has 1 aromatic carbocycles. The third-order valence-electron chi connectivity index (χ3n) is 2.21. The molecule has 1 atom stereocenters. The number of hydrogen-bond donors (Lipinski definition) is 3. The summed E-state index contributed by atoms with van der Waals surface area (Å²) in [5, 5.41) is 19.5. The number of amides is 1. The average Bonchev–Trinajstić information content (AvgIpc) is 2.30. The van der Waals surface area contributed by atoms with Gasteiger partial charge in [-0.1, -0.05) is 17.7 Å². The van der Waals surface area contributed by atoms with E-state index < -0.39 is 36.8 Å². The Hall–Kier alpha value is -1.66. The first-order chi connectivity index (χ1) is 8.45. The van der Waals surface area contributed by atoms with Gasteiger partial charge in [-0.05, 0) is 12.1 Å². The van der Waals surface area contributed by atoms with Crippen molar-refractivity contribution in [2.45, 2.75) is 12.5 Å². The summed E-state index contributed by atoms with van der Waals surface area (Å²) in [5.74, 6) is -2.75. The third-order valence-corrected chi connectivity index (χ3v) is 2.57. The van der Waals surface area contributed by atoms with E-state index in [9.17, 15) is 14.0 Å². The summed E-state index contributed by atoms with van der Waals surface area (Å²) < 4.78 is 13.4. The van der Waals surface area contributed by atoms with Gasteiger partial charge in [0, 0.05) is 10.6 Å². The maximum absolute atomic E-state index is 13.4. The number of rotatable bonds is 5. The molecule has 1 aromatic rings. The van der Waals surface area contributed by atoms with Crippen LogP contribution >= 0.6 is 11.6 Å². The predicted octanol–water partition coefficient (Wildman–Crippen LogP) is 0.583. The molecule has 0 saturated carbocycles. The number of carbonyl (C=O) groups excluding carboxylic acids is 1. The van der Waals surface area contributed by atoms with Gasteiger partial charge in [0.15, 0.2) is 0 Å². The highest BCUT2D eigenvalue weighted by molar-refractivity contribution is 6.31. The first-order valence-electron chi connectivity index (χ1n) is 5.01. The first-order valence-corrected chi connectivity index (χ1v) is 5.39. The summed E-state index contributed by atoms with van der Waals surface area (Å²) in [6.07, 6.45) is -0.394. The van der Waals surface area contributed by atoms with Gasteiger partial charge in [0.1, 0.15) is 11.9 Å². The average molecular weight is 276 g/mol. The van der Waals surface area contributed by atoms with E-state index in [4.69, 9.17) is 21.8 Å². The molecule has 0 bridgehead atoms. The molecule has 0 radical (unpaired) electrons. The number of nitrogens with one attached hydrogen (secondary N) is 1. The fourth-order valence-corrected chi connectivity index (χ4v) is 1.52. The summed E-state index contributed by atoms with van der Waals surface area (Å²) in [6, 6.07) is 2.55. The second kappa shape index (κ2) is 6.32. The van der Waals surface area contributed by atoms with Crippen LogP contribution in [0.4, 0.5) is 4.39 Å². The van der Waals surface area contributed by atoms with Crippen molar-refractivity contribution in [3.63, 3.8) is 0 Å². The summed E-state index contributed by atoms with van der Waals surface area (Å²) in [5.41, 5.74) is -0.0151. The summed E-state index contributed by atoms with van der Waals surface area (Å²) in [4.78, 5) is 22.1. The molecule has 0 spiro atoms. The van der Waals surface area contributed by atoms with Gasteiger partial charge in [0.05, 0.1) is 13.0 Å². The highest BCUT2D eigenvalue weighted by atomic mass is 35.5. The standard InChI is InChI=1S/C11H11ClFNO4/c12-7-2-1-3-8(13)6(7)4-10(16)14-9(5-15)11(17)18/h1-3,9,15H,4-5H2,(H,14,16)(H,17,18)/t9-/m1/s1. The molecule has 0 heterocycles. The Morgan fingerprint density at radius 3 is 2.61 bits per heavy atom. The van der Waals surface area contributed by atoms with Crippen LogP contribution in [0.15, 0.2) is 18.2 Å². The number of carboxylic acids is 1. The first kappa shape index (κ1) is 14.4. The van der Waals surface area contributed by atoms with Crippen molar-refractivity contribution in [3.8, 4) is 0 Å². The summed E-state index contributed by atoms with van der Waals surface area (Å²) in [6.45, 7) is -0.744. The number of hydrogen-bond acceptors (Lipinski definition) is 3. The number of carbonyl (C=O) groups is 2. The Morgan fingerprint density at radius 1 is 1.44 bits per heavy atom. The fraction of sp³-hybridized carbons (Fsp3) is 0.273. The molecule has 18 heavy (non-hydrogen) atoms. The molecular weight excluding hydrogens is 265 g/mol. The van der Waals surface area contributed by atoms with Gasteiger partial charge in [-0.2, -0.15) is 0 Å². The smallest absolute Gasteiger partial charge is 0.328 e. The number of aliphatic carboxylic acids is 1. The molecule has 0 saturated heterocycles. The zero-order valence-corrected chi connectivity index (χ0v) is 9.95. The normalized spacial score (nSPS) is 11.9. The maximum Gasteiger partial charge on any atom is 0.328 e. The van der Waals surface area contributed by atoms with E-state index in [1.165, 1.54) is 12.1 Å². The van der Waals surface area contributed by atoms with Gasteiger partial charge in [-0.15, -0.1) is 0 Å². The molecule has 0 aromatic heterocycles. The minimum atomic E-state index is -1.41. The molecule has 7 heteroatoms. The number of aliphatic hydroxyl groups is 1. The van der Waals surface area contributed by atoms with E-state index in [0.717, 1.165) is 6.07 Å². The molecule has 0 aliphatic rings. The lowest BCUT2D eigenvalue weighted by Gasteiger charge is -2.12. The number of carboxylic acid groups (broad SMARTS) is 1. The quantitative estimate of drug-likeness (QED) is 0.734. The van der Waals surface area contributed by atoms with Gasteiger partial charge >= 0.3 is 5.97 Å². The monoisotopic (exact) mass is 275 g/mol. The van der Waals surface area contributed by atoms with E-state index in [1.807, 2.05) is 0 Å². The minimum absolute atomic E-state index is 0.0151. The van der Waals surface area contributed by atoms with Crippen LogP contribution in [0.2, 0.25) is 5.02 Å². The summed E-state index contributed by atoms with van der Waals surface area (Å²) >= 11 is 5.72. The molecule has 0 fully saturated rings. The highest BCUT2D eigenvalue weighted by Gasteiger charge is 2.20. The molecule has 0 aliphatic heterocycles. The van der Waals surface area contributed by atoms with Crippen molar-refractivity contribution >= 4 is 23.5 Å². The molecule has 5 nitrogen and oxygen atoms in total. The van der Waals surface area contributed by atoms with Crippen molar-refractivity contribution in [3.05, 3.63) is 34.6 Å². The minimum Gasteiger partial charge on any atom is -0.480 e. The number of aliphatic hydroxyl groups excluding tert-OH is 1. The van der Waals surface area contributed by atoms with E-state index in [2.05, 4.69) is 5.32 Å². The molecule has 0 aliphatic carbocycles. The maximum atomic E-state index is 13.4. The number of halogens is 2. The van der Waals surface area contributed by atoms with Crippen molar-refractivity contribution < 1.29 is 24.2 Å². The molecular formula is C11H11ClFNO4. The van der Waals surface area contributed by atoms with Crippen LogP contribution in [0.25, 0.3) is 0 Å². The Bertz CT molecular complexity index is 446. The largest absolute Gasteiger partial charge is 0.480 e. The lowest BCUT2D eigenvalue weighted by Crippen LogP contribution is -2.44. The van der Waals surface area contributed by atoms with Gasteiger partial charge in [-0.25, -0.2) is 9.18 Å². The van der Waals surface area contributed by atoms with Gasteiger partial charge in [0.2, 0.25) is 5.91 Å². The van der Waals surface area contributed by atoms with E-state index >= 15 is 0 Å². The second-order valence-electron chi connectivity index (χ2n) is 3.52. The molecule has 98 valence electrons. The van der Waals surface area contributed by atoms with Crippen molar-refractivity contribution in [2.75, 3.05) is 6.61 Å². The lowest BCUT2D eigenvalue weighted by molar-refractivity contribution is -0.142. The Balaban J connectivity index is 2.73. The zero-order valence-electron chi connectivity index (χ0n) is 9.19.